The SMILES string of the molecule is O=C(c1cccn1C1CC1)N(CC1CCCCN1)C1CC1. The van der Waals surface area contributed by atoms with Crippen molar-refractivity contribution in [2.24, 2.45) is 0 Å². The van der Waals surface area contributed by atoms with Gasteiger partial charge in [-0.25, -0.2) is 0 Å². The van der Waals surface area contributed by atoms with Crippen LogP contribution in [0.5, 0.6) is 0 Å². The van der Waals surface area contributed by atoms with Crippen molar-refractivity contribution >= 4 is 5.91 Å². The lowest BCUT2D eigenvalue weighted by molar-refractivity contribution is 0.0706. The topological polar surface area (TPSA) is 37.3 Å². The van der Waals surface area contributed by atoms with Crippen LogP contribution in [0.3, 0.4) is 0 Å². The Morgan fingerprint density at radius 3 is 2.76 bits per heavy atom. The van der Waals surface area contributed by atoms with Crippen LogP contribution in [0.1, 0.15) is 61.5 Å². The van der Waals surface area contributed by atoms with Crippen LogP contribution < -0.4 is 5.32 Å². The van der Waals surface area contributed by atoms with Gasteiger partial charge < -0.3 is 14.8 Å². The summed E-state index contributed by atoms with van der Waals surface area (Å²) >= 11 is 0. The first kappa shape index (κ1) is 13.4. The zero-order chi connectivity index (χ0) is 14.2. The van der Waals surface area contributed by atoms with Gasteiger partial charge in [-0.15, -0.1) is 0 Å². The van der Waals surface area contributed by atoms with E-state index in [1.165, 1.54) is 44.9 Å². The molecule has 114 valence electrons. The number of amides is 1. The third-order valence-electron chi connectivity index (χ3n) is 5.02. The van der Waals surface area contributed by atoms with Gasteiger partial charge in [0, 0.05) is 30.9 Å². The van der Waals surface area contributed by atoms with Crippen LogP contribution in [0.4, 0.5) is 0 Å². The molecular formula is C17H25N3O. The van der Waals surface area contributed by atoms with E-state index >= 15 is 0 Å². The molecule has 4 nitrogen and oxygen atoms in total. The van der Waals surface area contributed by atoms with Gasteiger partial charge in [0.15, 0.2) is 0 Å². The highest BCUT2D eigenvalue weighted by Crippen LogP contribution is 2.37. The second kappa shape index (κ2) is 5.48. The zero-order valence-corrected chi connectivity index (χ0v) is 12.6. The van der Waals surface area contributed by atoms with E-state index < -0.39 is 0 Å². The molecule has 3 aliphatic rings. The minimum absolute atomic E-state index is 0.252. The summed E-state index contributed by atoms with van der Waals surface area (Å²) in [6.45, 7) is 2.00. The first-order valence-electron chi connectivity index (χ1n) is 8.54. The molecule has 4 heteroatoms. The van der Waals surface area contributed by atoms with E-state index in [4.69, 9.17) is 0 Å². The van der Waals surface area contributed by atoms with Gasteiger partial charge in [0.25, 0.3) is 5.91 Å². The van der Waals surface area contributed by atoms with Crippen molar-refractivity contribution in [2.75, 3.05) is 13.1 Å². The van der Waals surface area contributed by atoms with E-state index in [1.807, 2.05) is 12.1 Å². The van der Waals surface area contributed by atoms with E-state index in [1.54, 1.807) is 0 Å². The van der Waals surface area contributed by atoms with Crippen LogP contribution in [0.2, 0.25) is 0 Å². The lowest BCUT2D eigenvalue weighted by Crippen LogP contribution is -2.47. The fourth-order valence-corrected chi connectivity index (χ4v) is 3.49. The van der Waals surface area contributed by atoms with Gasteiger partial charge in [-0.2, -0.15) is 0 Å². The maximum atomic E-state index is 13.0. The summed E-state index contributed by atoms with van der Waals surface area (Å²) in [5, 5.41) is 3.58. The van der Waals surface area contributed by atoms with E-state index in [2.05, 4.69) is 21.0 Å². The van der Waals surface area contributed by atoms with Crippen LogP contribution in [-0.4, -0.2) is 40.5 Å². The molecule has 0 radical (unpaired) electrons. The number of hydrogen-bond donors (Lipinski definition) is 1. The normalized spacial score (nSPS) is 25.8. The van der Waals surface area contributed by atoms with Gasteiger partial charge in [0.1, 0.15) is 5.69 Å². The van der Waals surface area contributed by atoms with Crippen molar-refractivity contribution in [2.45, 2.75) is 63.1 Å². The molecule has 2 aliphatic carbocycles. The Kier molecular flexibility index (Phi) is 3.49. The Morgan fingerprint density at radius 1 is 1.24 bits per heavy atom. The van der Waals surface area contributed by atoms with Crippen LogP contribution in [0.25, 0.3) is 0 Å². The summed E-state index contributed by atoms with van der Waals surface area (Å²) in [4.78, 5) is 15.1. The second-order valence-corrected chi connectivity index (χ2v) is 6.87. The molecule has 21 heavy (non-hydrogen) atoms. The Labute approximate surface area is 126 Å². The Bertz CT molecular complexity index is 510. The first-order chi connectivity index (χ1) is 10.3. The number of carbonyl (C=O) groups excluding carboxylic acids is 1. The quantitative estimate of drug-likeness (QED) is 0.904. The fourth-order valence-electron chi connectivity index (χ4n) is 3.49. The number of carbonyl (C=O) groups is 1. The molecule has 1 amide bonds. The van der Waals surface area contributed by atoms with E-state index in [9.17, 15) is 4.79 Å². The highest BCUT2D eigenvalue weighted by atomic mass is 16.2. The van der Waals surface area contributed by atoms with Crippen molar-refractivity contribution in [3.8, 4) is 0 Å². The molecule has 1 atom stereocenters. The molecule has 0 bridgehead atoms. The van der Waals surface area contributed by atoms with Crippen LogP contribution in [-0.2, 0) is 0 Å². The number of aromatic nitrogens is 1. The van der Waals surface area contributed by atoms with Crippen molar-refractivity contribution in [3.05, 3.63) is 24.0 Å². The van der Waals surface area contributed by atoms with Gasteiger partial charge in [-0.3, -0.25) is 4.79 Å². The molecule has 1 aromatic rings. The van der Waals surface area contributed by atoms with Gasteiger partial charge in [-0.05, 0) is 57.2 Å². The third kappa shape index (κ3) is 2.86. The van der Waals surface area contributed by atoms with Crippen molar-refractivity contribution in [3.63, 3.8) is 0 Å². The lowest BCUT2D eigenvalue weighted by Gasteiger charge is -2.31. The number of piperidine rings is 1. The Morgan fingerprint density at radius 2 is 2.10 bits per heavy atom. The average molecular weight is 287 g/mol. The third-order valence-corrected chi connectivity index (χ3v) is 5.02. The lowest BCUT2D eigenvalue weighted by atomic mass is 10.0. The molecule has 1 saturated heterocycles. The van der Waals surface area contributed by atoms with Gasteiger partial charge in [0.05, 0.1) is 0 Å². The first-order valence-corrected chi connectivity index (χ1v) is 8.54. The predicted molar refractivity (Wildman–Crippen MR) is 82.4 cm³/mol. The minimum atomic E-state index is 0.252. The molecule has 0 spiro atoms. The van der Waals surface area contributed by atoms with Crippen molar-refractivity contribution in [1.29, 1.82) is 0 Å². The largest absolute Gasteiger partial charge is 0.340 e. The summed E-state index contributed by atoms with van der Waals surface area (Å²) < 4.78 is 2.20. The molecule has 1 N–H and O–H groups in total. The molecule has 1 aromatic heterocycles. The number of nitrogens with one attached hydrogen (secondary N) is 1. The Balaban J connectivity index is 1.49. The van der Waals surface area contributed by atoms with Crippen LogP contribution in [0, 0.1) is 0 Å². The smallest absolute Gasteiger partial charge is 0.270 e. The van der Waals surface area contributed by atoms with Gasteiger partial charge in [0.2, 0.25) is 0 Å². The molecule has 3 fully saturated rings. The van der Waals surface area contributed by atoms with Crippen molar-refractivity contribution in [1.82, 2.24) is 14.8 Å². The van der Waals surface area contributed by atoms with Crippen LogP contribution in [0.15, 0.2) is 18.3 Å². The summed E-state index contributed by atoms with van der Waals surface area (Å²) in [5.74, 6) is 0.252. The molecule has 0 aromatic carbocycles. The molecule has 1 unspecified atom stereocenters. The monoisotopic (exact) mass is 287 g/mol. The van der Waals surface area contributed by atoms with E-state index in [-0.39, 0.29) is 5.91 Å². The second-order valence-electron chi connectivity index (χ2n) is 6.87. The maximum Gasteiger partial charge on any atom is 0.270 e. The van der Waals surface area contributed by atoms with Crippen molar-refractivity contribution < 1.29 is 4.79 Å². The summed E-state index contributed by atoms with van der Waals surface area (Å²) in [6, 6.07) is 5.59. The predicted octanol–water partition coefficient (Wildman–Crippen LogP) is 2.57. The summed E-state index contributed by atoms with van der Waals surface area (Å²) in [7, 11) is 0. The van der Waals surface area contributed by atoms with Gasteiger partial charge >= 0.3 is 0 Å². The molecule has 1 aliphatic heterocycles. The van der Waals surface area contributed by atoms with E-state index in [0.717, 1.165) is 18.8 Å². The molecule has 4 rings (SSSR count). The maximum absolute atomic E-state index is 13.0. The van der Waals surface area contributed by atoms with Gasteiger partial charge in [-0.1, -0.05) is 6.42 Å². The number of hydrogen-bond acceptors (Lipinski definition) is 2. The standard InChI is InChI=1S/C17H25N3O/c21-17(16-5-3-11-19(16)14-6-7-14)20(15-8-9-15)12-13-4-1-2-10-18-13/h3,5,11,13-15,18H,1-2,4,6-10,12H2. The highest BCUT2D eigenvalue weighted by molar-refractivity contribution is 5.93. The average Bonchev–Trinajstić information content (AvgIpc) is 3.44. The molecular weight excluding hydrogens is 262 g/mol. The number of nitrogens with zero attached hydrogens (tertiary/aromatic N) is 2. The molecule has 2 saturated carbocycles. The van der Waals surface area contributed by atoms with Crippen LogP contribution >= 0.6 is 0 Å². The van der Waals surface area contributed by atoms with E-state index in [0.29, 0.717) is 18.1 Å². The number of rotatable bonds is 5. The molecule has 2 heterocycles. The summed E-state index contributed by atoms with van der Waals surface area (Å²) in [6.07, 6.45) is 10.7. The Hall–Kier alpha value is -1.29. The summed E-state index contributed by atoms with van der Waals surface area (Å²) in [5.41, 5.74) is 0.903. The fraction of sp³-hybridized carbons (Fsp3) is 0.706. The minimum Gasteiger partial charge on any atom is -0.340 e. The highest BCUT2D eigenvalue weighted by Gasteiger charge is 2.36. The zero-order valence-electron chi connectivity index (χ0n) is 12.6.